The quantitative estimate of drug-likeness (QED) is 0.815. The molecule has 1 saturated carbocycles. The zero-order valence-corrected chi connectivity index (χ0v) is 13.9. The van der Waals surface area contributed by atoms with Crippen molar-refractivity contribution >= 4 is 6.03 Å². The van der Waals surface area contributed by atoms with Crippen LogP contribution in [0.3, 0.4) is 0 Å². The maximum absolute atomic E-state index is 12.1. The summed E-state index contributed by atoms with van der Waals surface area (Å²) in [4.78, 5) is 13.7. The number of amides is 2. The lowest BCUT2D eigenvalue weighted by Crippen LogP contribution is -2.41. The van der Waals surface area contributed by atoms with Crippen LogP contribution in [0, 0.1) is 5.92 Å². The Bertz CT molecular complexity index is 667. The van der Waals surface area contributed by atoms with E-state index < -0.39 is 6.10 Å². The van der Waals surface area contributed by atoms with Gasteiger partial charge in [-0.25, -0.2) is 4.79 Å². The molecular formula is C18H24N4O2. The second-order valence-corrected chi connectivity index (χ2v) is 6.47. The van der Waals surface area contributed by atoms with Gasteiger partial charge in [-0.2, -0.15) is 5.10 Å². The van der Waals surface area contributed by atoms with Crippen LogP contribution in [0.4, 0.5) is 4.79 Å². The summed E-state index contributed by atoms with van der Waals surface area (Å²) in [6.07, 6.45) is 5.42. The molecule has 0 bridgehead atoms. The van der Waals surface area contributed by atoms with Crippen molar-refractivity contribution in [2.45, 2.75) is 32.0 Å². The minimum absolute atomic E-state index is 0.160. The van der Waals surface area contributed by atoms with Crippen LogP contribution in [-0.4, -0.2) is 45.5 Å². The van der Waals surface area contributed by atoms with Crippen LogP contribution < -0.4 is 5.32 Å². The van der Waals surface area contributed by atoms with Gasteiger partial charge in [0.1, 0.15) is 0 Å². The van der Waals surface area contributed by atoms with Crippen LogP contribution in [0.25, 0.3) is 0 Å². The lowest BCUT2D eigenvalue weighted by Gasteiger charge is -2.21. The van der Waals surface area contributed by atoms with E-state index in [2.05, 4.69) is 16.5 Å². The number of rotatable bonds is 7. The van der Waals surface area contributed by atoms with E-state index in [4.69, 9.17) is 0 Å². The molecule has 0 radical (unpaired) electrons. The van der Waals surface area contributed by atoms with Crippen molar-refractivity contribution in [2.75, 3.05) is 13.6 Å². The molecule has 1 aliphatic rings. The van der Waals surface area contributed by atoms with Gasteiger partial charge in [0.15, 0.2) is 0 Å². The average molecular weight is 328 g/mol. The fourth-order valence-corrected chi connectivity index (χ4v) is 2.73. The number of aromatic nitrogens is 2. The van der Waals surface area contributed by atoms with Crippen molar-refractivity contribution in [2.24, 2.45) is 5.92 Å². The molecule has 0 spiro atoms. The van der Waals surface area contributed by atoms with Gasteiger partial charge in [0.2, 0.25) is 0 Å². The SMILES string of the molecule is CN(CC(O)C1CC1)C(=O)NCc1cccc(Cn2cccn2)c1. The molecule has 1 fully saturated rings. The number of benzene rings is 1. The Labute approximate surface area is 142 Å². The van der Waals surface area contributed by atoms with Crippen molar-refractivity contribution in [3.63, 3.8) is 0 Å². The molecule has 0 aliphatic heterocycles. The molecule has 24 heavy (non-hydrogen) atoms. The summed E-state index contributed by atoms with van der Waals surface area (Å²) >= 11 is 0. The zero-order valence-electron chi connectivity index (χ0n) is 13.9. The van der Waals surface area contributed by atoms with Gasteiger partial charge >= 0.3 is 6.03 Å². The summed E-state index contributed by atoms with van der Waals surface area (Å²) in [5.41, 5.74) is 2.19. The molecule has 1 aliphatic carbocycles. The maximum atomic E-state index is 12.1. The molecule has 6 heteroatoms. The van der Waals surface area contributed by atoms with Gasteiger partial charge in [-0.15, -0.1) is 0 Å². The first-order chi connectivity index (χ1) is 11.6. The van der Waals surface area contributed by atoms with E-state index in [1.807, 2.05) is 35.1 Å². The second-order valence-electron chi connectivity index (χ2n) is 6.47. The fourth-order valence-electron chi connectivity index (χ4n) is 2.73. The molecule has 128 valence electrons. The molecule has 1 aromatic carbocycles. The molecule has 0 saturated heterocycles. The third kappa shape index (κ3) is 4.58. The number of nitrogens with one attached hydrogen (secondary N) is 1. The van der Waals surface area contributed by atoms with Crippen molar-refractivity contribution in [1.29, 1.82) is 0 Å². The van der Waals surface area contributed by atoms with Crippen molar-refractivity contribution in [1.82, 2.24) is 20.0 Å². The van der Waals surface area contributed by atoms with E-state index >= 15 is 0 Å². The van der Waals surface area contributed by atoms with Gasteiger partial charge in [0.05, 0.1) is 12.6 Å². The minimum atomic E-state index is -0.404. The smallest absolute Gasteiger partial charge is 0.317 e. The number of carbonyl (C=O) groups excluding carboxylic acids is 1. The Balaban J connectivity index is 1.49. The van der Waals surface area contributed by atoms with Crippen molar-refractivity contribution in [3.8, 4) is 0 Å². The largest absolute Gasteiger partial charge is 0.391 e. The maximum Gasteiger partial charge on any atom is 0.317 e. The highest BCUT2D eigenvalue weighted by molar-refractivity contribution is 5.73. The molecule has 1 unspecified atom stereocenters. The highest BCUT2D eigenvalue weighted by Crippen LogP contribution is 2.32. The first-order valence-electron chi connectivity index (χ1n) is 8.34. The standard InChI is InChI=1S/C18H24N4O2/c1-21(13-17(23)16-6-7-16)18(24)19-11-14-4-2-5-15(10-14)12-22-9-3-8-20-22/h2-5,8-10,16-17,23H,6-7,11-13H2,1H3,(H,19,24). The predicted octanol–water partition coefficient (Wildman–Crippen LogP) is 1.84. The third-order valence-electron chi connectivity index (χ3n) is 4.31. The number of aliphatic hydroxyl groups is 1. The van der Waals surface area contributed by atoms with E-state index in [0.717, 1.165) is 24.0 Å². The summed E-state index contributed by atoms with van der Waals surface area (Å²) in [6.45, 7) is 1.56. The van der Waals surface area contributed by atoms with Gasteiger partial charge in [-0.1, -0.05) is 24.3 Å². The monoisotopic (exact) mass is 328 g/mol. The Morgan fingerprint density at radius 1 is 1.42 bits per heavy atom. The molecule has 2 N–H and O–H groups in total. The molecule has 2 amide bonds. The lowest BCUT2D eigenvalue weighted by molar-refractivity contribution is 0.113. The van der Waals surface area contributed by atoms with Crippen molar-refractivity contribution < 1.29 is 9.90 Å². The number of urea groups is 1. The number of aliphatic hydroxyl groups excluding tert-OH is 1. The van der Waals surface area contributed by atoms with Gasteiger partial charge < -0.3 is 15.3 Å². The Morgan fingerprint density at radius 3 is 2.92 bits per heavy atom. The molecule has 1 aromatic heterocycles. The van der Waals surface area contributed by atoms with E-state index in [9.17, 15) is 9.90 Å². The van der Waals surface area contributed by atoms with Gasteiger partial charge in [0.25, 0.3) is 0 Å². The summed E-state index contributed by atoms with van der Waals surface area (Å²) in [6, 6.07) is 9.83. The lowest BCUT2D eigenvalue weighted by atomic mass is 10.1. The molecule has 1 atom stereocenters. The first-order valence-corrected chi connectivity index (χ1v) is 8.34. The Hall–Kier alpha value is -2.34. The zero-order chi connectivity index (χ0) is 16.9. The first kappa shape index (κ1) is 16.5. The van der Waals surface area contributed by atoms with Crippen LogP contribution in [0.1, 0.15) is 24.0 Å². The molecule has 6 nitrogen and oxygen atoms in total. The average Bonchev–Trinajstić information content (AvgIpc) is 3.31. The fraction of sp³-hybridized carbons (Fsp3) is 0.444. The second kappa shape index (κ2) is 7.49. The van der Waals surface area contributed by atoms with E-state index in [-0.39, 0.29) is 6.03 Å². The van der Waals surface area contributed by atoms with Crippen LogP contribution in [0.15, 0.2) is 42.7 Å². The number of carbonyl (C=O) groups is 1. The van der Waals surface area contributed by atoms with Crippen LogP contribution in [-0.2, 0) is 13.1 Å². The number of hydrogen-bond acceptors (Lipinski definition) is 3. The topological polar surface area (TPSA) is 70.4 Å². The Kier molecular flexibility index (Phi) is 5.15. The third-order valence-corrected chi connectivity index (χ3v) is 4.31. The highest BCUT2D eigenvalue weighted by Gasteiger charge is 2.31. The summed E-state index contributed by atoms with van der Waals surface area (Å²) < 4.78 is 1.87. The number of nitrogens with zero attached hydrogens (tertiary/aromatic N) is 3. The summed E-state index contributed by atoms with van der Waals surface area (Å²) in [5, 5.41) is 17.0. The van der Waals surface area contributed by atoms with Crippen molar-refractivity contribution in [3.05, 3.63) is 53.9 Å². The normalized spacial score (nSPS) is 15.1. The minimum Gasteiger partial charge on any atom is -0.391 e. The van der Waals surface area contributed by atoms with Crippen LogP contribution in [0.2, 0.25) is 0 Å². The molecule has 1 heterocycles. The van der Waals surface area contributed by atoms with E-state index in [1.165, 1.54) is 0 Å². The molecule has 3 rings (SSSR count). The van der Waals surface area contributed by atoms with Gasteiger partial charge in [-0.05, 0) is 36.0 Å². The summed E-state index contributed by atoms with van der Waals surface area (Å²) in [5.74, 6) is 0.374. The van der Waals surface area contributed by atoms with E-state index in [1.54, 1.807) is 18.1 Å². The predicted molar refractivity (Wildman–Crippen MR) is 91.4 cm³/mol. The van der Waals surface area contributed by atoms with Crippen LogP contribution >= 0.6 is 0 Å². The number of likely N-dealkylation sites (N-methyl/N-ethyl adjacent to an activating group) is 1. The molecular weight excluding hydrogens is 304 g/mol. The van der Waals surface area contributed by atoms with Gasteiger partial charge in [0, 0.05) is 32.5 Å². The van der Waals surface area contributed by atoms with Crippen LogP contribution in [0.5, 0.6) is 0 Å². The highest BCUT2D eigenvalue weighted by atomic mass is 16.3. The van der Waals surface area contributed by atoms with Gasteiger partial charge in [-0.3, -0.25) is 4.68 Å². The van der Waals surface area contributed by atoms with E-state index in [0.29, 0.717) is 25.6 Å². The Morgan fingerprint density at radius 2 is 2.21 bits per heavy atom. The molecule has 2 aromatic rings. The number of hydrogen-bond donors (Lipinski definition) is 2. The summed E-state index contributed by atoms with van der Waals surface area (Å²) in [7, 11) is 1.72.